The Bertz CT molecular complexity index is 775. The van der Waals surface area contributed by atoms with E-state index in [2.05, 4.69) is 10.6 Å². The lowest BCUT2D eigenvalue weighted by Crippen LogP contribution is -2.33. The largest absolute Gasteiger partial charge is 0.416 e. The van der Waals surface area contributed by atoms with Gasteiger partial charge in [-0.05, 0) is 60.3 Å². The summed E-state index contributed by atoms with van der Waals surface area (Å²) in [6.45, 7) is 2.22. The van der Waals surface area contributed by atoms with Gasteiger partial charge in [0.15, 0.2) is 0 Å². The molecule has 1 atom stereocenters. The molecule has 1 aliphatic heterocycles. The molecule has 0 radical (unpaired) electrons. The van der Waals surface area contributed by atoms with Crippen molar-refractivity contribution in [2.24, 2.45) is 0 Å². The molecule has 2 aromatic carbocycles. The third kappa shape index (κ3) is 5.26. The van der Waals surface area contributed by atoms with Crippen LogP contribution in [0.15, 0.2) is 42.5 Å². The van der Waals surface area contributed by atoms with Gasteiger partial charge in [-0.2, -0.15) is 26.3 Å². The molecule has 0 saturated carbocycles. The smallest absolute Gasteiger partial charge is 0.313 e. The molecule has 8 heteroatoms. The van der Waals surface area contributed by atoms with Gasteiger partial charge < -0.3 is 10.6 Å². The molecule has 1 aliphatic rings. The lowest BCUT2D eigenvalue weighted by molar-refractivity contribution is -0.143. The van der Waals surface area contributed by atoms with Gasteiger partial charge in [-0.25, -0.2) is 0 Å². The summed E-state index contributed by atoms with van der Waals surface area (Å²) in [7, 11) is 0. The minimum absolute atomic E-state index is 0.110. The van der Waals surface area contributed by atoms with E-state index >= 15 is 0 Å². The molecule has 2 nitrogen and oxygen atoms in total. The first-order valence-electron chi connectivity index (χ1n) is 8.96. The Morgan fingerprint density at radius 2 is 1.57 bits per heavy atom. The van der Waals surface area contributed by atoms with Gasteiger partial charge in [0.05, 0.1) is 11.1 Å². The second-order valence-electron chi connectivity index (χ2n) is 6.92. The van der Waals surface area contributed by atoms with Gasteiger partial charge in [0.25, 0.3) is 0 Å². The van der Waals surface area contributed by atoms with Crippen LogP contribution in [0.3, 0.4) is 0 Å². The van der Waals surface area contributed by atoms with Gasteiger partial charge in [-0.1, -0.05) is 18.2 Å². The maximum atomic E-state index is 13.1. The maximum Gasteiger partial charge on any atom is 0.416 e. The monoisotopic (exact) mass is 402 g/mol. The van der Waals surface area contributed by atoms with Gasteiger partial charge in [0, 0.05) is 19.1 Å². The van der Waals surface area contributed by atoms with Crippen LogP contribution in [-0.4, -0.2) is 19.1 Å². The number of rotatable bonds is 5. The van der Waals surface area contributed by atoms with Crippen molar-refractivity contribution >= 4 is 0 Å². The fraction of sp³-hybridized carbons (Fsp3) is 0.400. The van der Waals surface area contributed by atoms with Crippen molar-refractivity contribution in [3.8, 4) is 11.1 Å². The van der Waals surface area contributed by atoms with Crippen LogP contribution < -0.4 is 10.6 Å². The predicted octanol–water partition coefficient (Wildman–Crippen LogP) is 5.23. The van der Waals surface area contributed by atoms with Crippen molar-refractivity contribution in [3.63, 3.8) is 0 Å². The van der Waals surface area contributed by atoms with E-state index in [0.29, 0.717) is 18.2 Å². The minimum Gasteiger partial charge on any atom is -0.313 e. The number of nitrogens with one attached hydrogen (secondary N) is 2. The second kappa shape index (κ2) is 8.13. The van der Waals surface area contributed by atoms with Crippen molar-refractivity contribution in [1.82, 2.24) is 10.6 Å². The summed E-state index contributed by atoms with van der Waals surface area (Å²) < 4.78 is 78.4. The maximum absolute atomic E-state index is 13.1. The normalized spacial score (nSPS) is 17.9. The van der Waals surface area contributed by atoms with Crippen molar-refractivity contribution in [1.29, 1.82) is 0 Å². The van der Waals surface area contributed by atoms with Gasteiger partial charge >= 0.3 is 12.4 Å². The third-order valence-corrected chi connectivity index (χ3v) is 4.73. The SMILES string of the molecule is FC(F)(F)c1cc(-c2cccc(CNCC3CCCN3)c2)cc(C(F)(F)F)c1. The van der Waals surface area contributed by atoms with Crippen LogP contribution in [0.25, 0.3) is 11.1 Å². The first kappa shape index (κ1) is 20.7. The Morgan fingerprint density at radius 1 is 0.893 bits per heavy atom. The number of hydrogen-bond donors (Lipinski definition) is 2. The van der Waals surface area contributed by atoms with Gasteiger partial charge in [-0.15, -0.1) is 0 Å². The van der Waals surface area contributed by atoms with Gasteiger partial charge in [0.1, 0.15) is 0 Å². The molecule has 152 valence electrons. The molecule has 0 bridgehead atoms. The lowest BCUT2D eigenvalue weighted by Gasteiger charge is -2.15. The molecule has 0 aromatic heterocycles. The molecule has 0 aliphatic carbocycles. The summed E-state index contributed by atoms with van der Waals surface area (Å²) in [5.41, 5.74) is -1.63. The van der Waals surface area contributed by atoms with Crippen molar-refractivity contribution in [2.45, 2.75) is 37.8 Å². The molecule has 2 aromatic rings. The van der Waals surface area contributed by atoms with Crippen LogP contribution >= 0.6 is 0 Å². The summed E-state index contributed by atoms with van der Waals surface area (Å²) in [6.07, 6.45) is -7.51. The second-order valence-corrected chi connectivity index (χ2v) is 6.92. The van der Waals surface area contributed by atoms with E-state index in [-0.39, 0.29) is 11.6 Å². The predicted molar refractivity (Wildman–Crippen MR) is 94.6 cm³/mol. The van der Waals surface area contributed by atoms with E-state index in [4.69, 9.17) is 0 Å². The number of hydrogen-bond acceptors (Lipinski definition) is 2. The molecular formula is C20H20F6N2. The van der Waals surface area contributed by atoms with Gasteiger partial charge in [0.2, 0.25) is 0 Å². The minimum atomic E-state index is -4.86. The Morgan fingerprint density at radius 3 is 2.14 bits per heavy atom. The quantitative estimate of drug-likeness (QED) is 0.669. The van der Waals surface area contributed by atoms with Gasteiger partial charge in [-0.3, -0.25) is 0 Å². The zero-order chi connectivity index (χ0) is 20.4. The Hall–Kier alpha value is -2.06. The average molecular weight is 402 g/mol. The highest BCUT2D eigenvalue weighted by Crippen LogP contribution is 2.38. The average Bonchev–Trinajstić information content (AvgIpc) is 3.14. The molecule has 28 heavy (non-hydrogen) atoms. The van der Waals surface area contributed by atoms with Crippen molar-refractivity contribution < 1.29 is 26.3 Å². The summed E-state index contributed by atoms with van der Waals surface area (Å²) in [4.78, 5) is 0. The highest BCUT2D eigenvalue weighted by atomic mass is 19.4. The van der Waals surface area contributed by atoms with E-state index in [0.717, 1.165) is 43.6 Å². The fourth-order valence-electron chi connectivity index (χ4n) is 3.30. The Balaban J connectivity index is 1.83. The van der Waals surface area contributed by atoms with E-state index in [1.54, 1.807) is 18.2 Å². The number of benzene rings is 2. The van der Waals surface area contributed by atoms with Crippen LogP contribution in [0.4, 0.5) is 26.3 Å². The molecule has 1 heterocycles. The highest BCUT2D eigenvalue weighted by Gasteiger charge is 2.37. The summed E-state index contributed by atoms with van der Waals surface area (Å²) >= 11 is 0. The zero-order valence-electron chi connectivity index (χ0n) is 14.9. The first-order chi connectivity index (χ1) is 13.1. The van der Waals surface area contributed by atoms with E-state index in [1.165, 1.54) is 6.07 Å². The molecule has 0 spiro atoms. The fourth-order valence-corrected chi connectivity index (χ4v) is 3.30. The summed E-state index contributed by atoms with van der Waals surface area (Å²) in [5.74, 6) is 0. The van der Waals surface area contributed by atoms with Crippen LogP contribution in [0.2, 0.25) is 0 Å². The topological polar surface area (TPSA) is 24.1 Å². The van der Waals surface area contributed by atoms with Crippen LogP contribution in [0.5, 0.6) is 0 Å². The molecule has 0 amide bonds. The zero-order valence-corrected chi connectivity index (χ0v) is 14.9. The highest BCUT2D eigenvalue weighted by molar-refractivity contribution is 5.66. The molecule has 1 unspecified atom stereocenters. The van der Waals surface area contributed by atoms with Crippen molar-refractivity contribution in [2.75, 3.05) is 13.1 Å². The van der Waals surface area contributed by atoms with Crippen molar-refractivity contribution in [3.05, 3.63) is 59.2 Å². The third-order valence-electron chi connectivity index (χ3n) is 4.73. The first-order valence-corrected chi connectivity index (χ1v) is 8.96. The standard InChI is InChI=1S/C20H20F6N2/c21-19(22,23)16-8-15(9-17(10-16)20(24,25)26)14-4-1-3-13(7-14)11-27-12-18-5-2-6-28-18/h1,3-4,7-10,18,27-28H,2,5-6,11-12H2. The Labute approximate surface area is 158 Å². The number of halogens is 6. The molecule has 1 saturated heterocycles. The van der Waals surface area contributed by atoms with Crippen LogP contribution in [0, 0.1) is 0 Å². The summed E-state index contributed by atoms with van der Waals surface area (Å²) in [5, 5.41) is 6.62. The molecule has 3 rings (SSSR count). The summed E-state index contributed by atoms with van der Waals surface area (Å²) in [6, 6.07) is 8.59. The molecule has 1 fully saturated rings. The van der Waals surface area contributed by atoms with Crippen LogP contribution in [-0.2, 0) is 18.9 Å². The Kier molecular flexibility index (Phi) is 6.00. The lowest BCUT2D eigenvalue weighted by atomic mass is 9.98. The molecule has 2 N–H and O–H groups in total. The van der Waals surface area contributed by atoms with E-state index < -0.39 is 23.5 Å². The van der Waals surface area contributed by atoms with Crippen LogP contribution in [0.1, 0.15) is 29.5 Å². The number of alkyl halides is 6. The van der Waals surface area contributed by atoms with E-state index in [9.17, 15) is 26.3 Å². The molecular weight excluding hydrogens is 382 g/mol. The van der Waals surface area contributed by atoms with E-state index in [1.807, 2.05) is 0 Å².